The Labute approximate surface area is 102 Å². The number of hydrogen-bond acceptors (Lipinski definition) is 2. The molecule has 0 radical (unpaired) electrons. The highest BCUT2D eigenvalue weighted by Gasteiger charge is 2.16. The summed E-state index contributed by atoms with van der Waals surface area (Å²) in [5, 5.41) is 3.21. The highest BCUT2D eigenvalue weighted by molar-refractivity contribution is 4.70. The molecule has 16 heavy (non-hydrogen) atoms. The van der Waals surface area contributed by atoms with E-state index in [1.54, 1.807) is 0 Å². The second-order valence-electron chi connectivity index (χ2n) is 5.43. The predicted molar refractivity (Wildman–Crippen MR) is 71.8 cm³/mol. The van der Waals surface area contributed by atoms with Gasteiger partial charge in [-0.3, -0.25) is 0 Å². The average Bonchev–Trinajstić information content (AvgIpc) is 2.76. The highest BCUT2D eigenvalue weighted by Crippen LogP contribution is 2.25. The van der Waals surface area contributed by atoms with Crippen molar-refractivity contribution in [3.8, 4) is 0 Å². The summed E-state index contributed by atoms with van der Waals surface area (Å²) < 4.78 is 0. The van der Waals surface area contributed by atoms with Crippen LogP contribution in [0.4, 0.5) is 0 Å². The molecule has 0 aromatic carbocycles. The van der Waals surface area contributed by atoms with E-state index >= 15 is 0 Å². The molecule has 96 valence electrons. The fraction of sp³-hybridized carbons (Fsp3) is 1.00. The Hall–Kier alpha value is -0.0800. The van der Waals surface area contributed by atoms with E-state index in [4.69, 9.17) is 0 Å². The SMILES string of the molecule is CNCCCCCCN(C)CC1CCCC1. The first-order chi connectivity index (χ1) is 7.83. The molecule has 0 bridgehead atoms. The fourth-order valence-electron chi connectivity index (χ4n) is 2.76. The Morgan fingerprint density at radius 1 is 1.06 bits per heavy atom. The van der Waals surface area contributed by atoms with Gasteiger partial charge in [-0.1, -0.05) is 25.7 Å². The molecule has 1 fully saturated rings. The molecule has 1 aliphatic rings. The Kier molecular flexibility index (Phi) is 7.87. The Morgan fingerprint density at radius 3 is 2.44 bits per heavy atom. The minimum atomic E-state index is 1.01. The third kappa shape index (κ3) is 6.49. The van der Waals surface area contributed by atoms with Gasteiger partial charge in [-0.2, -0.15) is 0 Å². The van der Waals surface area contributed by atoms with Crippen LogP contribution in [0, 0.1) is 5.92 Å². The van der Waals surface area contributed by atoms with E-state index in [2.05, 4.69) is 17.3 Å². The molecule has 0 spiro atoms. The van der Waals surface area contributed by atoms with Gasteiger partial charge in [0.25, 0.3) is 0 Å². The number of nitrogens with zero attached hydrogens (tertiary/aromatic N) is 1. The number of rotatable bonds is 9. The molecule has 1 N–H and O–H groups in total. The second kappa shape index (κ2) is 9.00. The molecule has 0 saturated heterocycles. The van der Waals surface area contributed by atoms with Crippen molar-refractivity contribution in [2.45, 2.75) is 51.4 Å². The van der Waals surface area contributed by atoms with Gasteiger partial charge >= 0.3 is 0 Å². The molecule has 0 aromatic heterocycles. The zero-order valence-electron chi connectivity index (χ0n) is 11.3. The Bertz CT molecular complexity index is 153. The van der Waals surface area contributed by atoms with Crippen molar-refractivity contribution in [2.75, 3.05) is 33.7 Å². The molecule has 0 unspecified atom stereocenters. The molecular weight excluding hydrogens is 196 g/mol. The van der Waals surface area contributed by atoms with Crippen molar-refractivity contribution >= 4 is 0 Å². The van der Waals surface area contributed by atoms with Gasteiger partial charge in [-0.05, 0) is 58.8 Å². The smallest absolute Gasteiger partial charge is 0.000661 e. The molecule has 0 aromatic rings. The summed E-state index contributed by atoms with van der Waals surface area (Å²) in [5.41, 5.74) is 0. The maximum Gasteiger partial charge on any atom is 0.000661 e. The first kappa shape index (κ1) is 14.0. The normalized spacial score (nSPS) is 17.4. The minimum Gasteiger partial charge on any atom is -0.320 e. The Morgan fingerprint density at radius 2 is 1.75 bits per heavy atom. The molecule has 1 aliphatic carbocycles. The van der Waals surface area contributed by atoms with Gasteiger partial charge in [0.05, 0.1) is 0 Å². The van der Waals surface area contributed by atoms with Gasteiger partial charge < -0.3 is 10.2 Å². The van der Waals surface area contributed by atoms with Crippen molar-refractivity contribution in [2.24, 2.45) is 5.92 Å². The lowest BCUT2D eigenvalue weighted by molar-refractivity contribution is 0.272. The third-order valence-corrected chi connectivity index (χ3v) is 3.76. The van der Waals surface area contributed by atoms with Crippen molar-refractivity contribution in [3.05, 3.63) is 0 Å². The second-order valence-corrected chi connectivity index (χ2v) is 5.43. The van der Waals surface area contributed by atoms with Crippen LogP contribution in [-0.4, -0.2) is 38.6 Å². The van der Waals surface area contributed by atoms with Crippen LogP contribution in [-0.2, 0) is 0 Å². The van der Waals surface area contributed by atoms with Crippen molar-refractivity contribution in [1.82, 2.24) is 10.2 Å². The lowest BCUT2D eigenvalue weighted by atomic mass is 10.1. The van der Waals surface area contributed by atoms with E-state index in [0.29, 0.717) is 0 Å². The van der Waals surface area contributed by atoms with Gasteiger partial charge in [0.2, 0.25) is 0 Å². The van der Waals surface area contributed by atoms with Gasteiger partial charge in [0.1, 0.15) is 0 Å². The van der Waals surface area contributed by atoms with Crippen molar-refractivity contribution < 1.29 is 0 Å². The molecule has 2 nitrogen and oxygen atoms in total. The lowest BCUT2D eigenvalue weighted by Gasteiger charge is -2.20. The zero-order valence-corrected chi connectivity index (χ0v) is 11.3. The summed E-state index contributed by atoms with van der Waals surface area (Å²) in [6.07, 6.45) is 11.4. The number of hydrogen-bond donors (Lipinski definition) is 1. The van der Waals surface area contributed by atoms with Gasteiger partial charge in [-0.25, -0.2) is 0 Å². The summed E-state index contributed by atoms with van der Waals surface area (Å²) in [6, 6.07) is 0. The largest absolute Gasteiger partial charge is 0.320 e. The van der Waals surface area contributed by atoms with E-state index < -0.39 is 0 Å². The molecule has 0 atom stereocenters. The van der Waals surface area contributed by atoms with Crippen LogP contribution in [0.2, 0.25) is 0 Å². The molecular formula is C14H30N2. The predicted octanol–water partition coefficient (Wildman–Crippen LogP) is 2.89. The topological polar surface area (TPSA) is 15.3 Å². The summed E-state index contributed by atoms with van der Waals surface area (Å²) in [4.78, 5) is 2.55. The molecule has 0 amide bonds. The Balaban J connectivity index is 1.87. The molecule has 1 saturated carbocycles. The quantitative estimate of drug-likeness (QED) is 0.608. The van der Waals surface area contributed by atoms with Crippen molar-refractivity contribution in [3.63, 3.8) is 0 Å². The van der Waals surface area contributed by atoms with Crippen LogP contribution < -0.4 is 5.32 Å². The maximum atomic E-state index is 3.21. The molecule has 0 aliphatic heterocycles. The summed E-state index contributed by atoms with van der Waals surface area (Å²) in [6.45, 7) is 3.82. The summed E-state index contributed by atoms with van der Waals surface area (Å²) in [7, 11) is 4.33. The average molecular weight is 226 g/mol. The summed E-state index contributed by atoms with van der Waals surface area (Å²) in [5.74, 6) is 1.01. The molecule has 1 rings (SSSR count). The van der Waals surface area contributed by atoms with E-state index in [1.807, 2.05) is 7.05 Å². The van der Waals surface area contributed by atoms with Crippen LogP contribution >= 0.6 is 0 Å². The molecule has 2 heteroatoms. The van der Waals surface area contributed by atoms with E-state index in [9.17, 15) is 0 Å². The number of unbranched alkanes of at least 4 members (excludes halogenated alkanes) is 3. The van der Waals surface area contributed by atoms with E-state index in [0.717, 1.165) is 5.92 Å². The highest BCUT2D eigenvalue weighted by atomic mass is 15.1. The standard InChI is InChI=1S/C14H30N2/c1-15-11-7-3-4-8-12-16(2)13-14-9-5-6-10-14/h14-15H,3-13H2,1-2H3. The van der Waals surface area contributed by atoms with Gasteiger partial charge in [-0.15, -0.1) is 0 Å². The minimum absolute atomic E-state index is 1.01. The van der Waals surface area contributed by atoms with Crippen molar-refractivity contribution in [1.29, 1.82) is 0 Å². The van der Waals surface area contributed by atoms with E-state index in [1.165, 1.54) is 71.0 Å². The summed E-state index contributed by atoms with van der Waals surface area (Å²) >= 11 is 0. The monoisotopic (exact) mass is 226 g/mol. The number of nitrogens with one attached hydrogen (secondary N) is 1. The van der Waals surface area contributed by atoms with Gasteiger partial charge in [0.15, 0.2) is 0 Å². The third-order valence-electron chi connectivity index (χ3n) is 3.76. The van der Waals surface area contributed by atoms with Crippen LogP contribution in [0.15, 0.2) is 0 Å². The lowest BCUT2D eigenvalue weighted by Crippen LogP contribution is -2.25. The first-order valence-electron chi connectivity index (χ1n) is 7.16. The maximum absolute atomic E-state index is 3.21. The van der Waals surface area contributed by atoms with Crippen LogP contribution in [0.25, 0.3) is 0 Å². The van der Waals surface area contributed by atoms with Crippen LogP contribution in [0.1, 0.15) is 51.4 Å². The van der Waals surface area contributed by atoms with E-state index in [-0.39, 0.29) is 0 Å². The van der Waals surface area contributed by atoms with Crippen LogP contribution in [0.3, 0.4) is 0 Å². The molecule has 0 heterocycles. The van der Waals surface area contributed by atoms with Gasteiger partial charge in [0, 0.05) is 6.54 Å². The first-order valence-corrected chi connectivity index (χ1v) is 7.16. The van der Waals surface area contributed by atoms with Crippen LogP contribution in [0.5, 0.6) is 0 Å². The fourth-order valence-corrected chi connectivity index (χ4v) is 2.76. The zero-order chi connectivity index (χ0) is 11.6.